The van der Waals surface area contributed by atoms with Crippen molar-refractivity contribution >= 4 is 33.0 Å². The van der Waals surface area contributed by atoms with E-state index in [4.69, 9.17) is 9.47 Å². The van der Waals surface area contributed by atoms with Crippen LogP contribution >= 0.6 is 0 Å². The molecule has 166 valence electrons. The Bertz CT molecular complexity index is 976. The molecular formula is C22H26N2O6S. The number of benzene rings is 2. The van der Waals surface area contributed by atoms with Crippen molar-refractivity contribution in [1.82, 2.24) is 0 Å². The maximum atomic E-state index is 12.6. The Morgan fingerprint density at radius 2 is 1.19 bits per heavy atom. The highest BCUT2D eigenvalue weighted by Crippen LogP contribution is 2.33. The minimum atomic E-state index is -3.32. The fraction of sp³-hybridized carbons (Fsp3) is 0.364. The van der Waals surface area contributed by atoms with Crippen molar-refractivity contribution < 1.29 is 27.5 Å². The molecule has 0 bridgehead atoms. The summed E-state index contributed by atoms with van der Waals surface area (Å²) in [6, 6.07) is 14.0. The van der Waals surface area contributed by atoms with E-state index in [1.807, 2.05) is 0 Å². The lowest BCUT2D eigenvalue weighted by molar-refractivity contribution is -0.119. The molecule has 2 aromatic rings. The fourth-order valence-electron chi connectivity index (χ4n) is 3.82. The molecule has 1 aliphatic heterocycles. The van der Waals surface area contributed by atoms with Crippen LogP contribution in [0, 0.1) is 11.8 Å². The average Bonchev–Trinajstić information content (AvgIpc) is 3.01. The molecule has 1 heterocycles. The van der Waals surface area contributed by atoms with Crippen molar-refractivity contribution in [1.29, 1.82) is 0 Å². The molecular weight excluding hydrogens is 420 g/mol. The summed E-state index contributed by atoms with van der Waals surface area (Å²) in [5.41, 5.74) is 1.03. The van der Waals surface area contributed by atoms with E-state index >= 15 is 0 Å². The van der Waals surface area contributed by atoms with Gasteiger partial charge >= 0.3 is 0 Å². The molecule has 1 aliphatic rings. The first kappa shape index (κ1) is 22.6. The number of sulfone groups is 1. The summed E-state index contributed by atoms with van der Waals surface area (Å²) in [5, 5.41) is 5.54. The lowest BCUT2D eigenvalue weighted by atomic mass is 9.89. The third-order valence-electron chi connectivity index (χ3n) is 5.26. The van der Waals surface area contributed by atoms with Gasteiger partial charge in [-0.3, -0.25) is 9.59 Å². The monoisotopic (exact) mass is 446 g/mol. The van der Waals surface area contributed by atoms with Gasteiger partial charge in [0.2, 0.25) is 11.8 Å². The van der Waals surface area contributed by atoms with Gasteiger partial charge in [0.25, 0.3) is 0 Å². The summed E-state index contributed by atoms with van der Waals surface area (Å²) >= 11 is 0. The van der Waals surface area contributed by atoms with Gasteiger partial charge in [-0.15, -0.1) is 0 Å². The highest BCUT2D eigenvalue weighted by molar-refractivity contribution is 7.91. The normalized spacial score (nSPS) is 19.4. The summed E-state index contributed by atoms with van der Waals surface area (Å²) in [6.07, 6.45) is 0.00771. The Balaban J connectivity index is 1.65. The molecule has 0 aromatic heterocycles. The van der Waals surface area contributed by atoms with E-state index < -0.39 is 21.7 Å². The number of rotatable bonds is 8. The summed E-state index contributed by atoms with van der Waals surface area (Å²) in [6.45, 7) is 0. The van der Waals surface area contributed by atoms with Crippen molar-refractivity contribution in [3.63, 3.8) is 0 Å². The van der Waals surface area contributed by atoms with Crippen molar-refractivity contribution in [3.05, 3.63) is 48.5 Å². The molecule has 9 heteroatoms. The number of carbonyl (C=O) groups is 2. The first-order valence-corrected chi connectivity index (χ1v) is 11.7. The van der Waals surface area contributed by atoms with Crippen LogP contribution in [-0.4, -0.2) is 46.0 Å². The van der Waals surface area contributed by atoms with Crippen molar-refractivity contribution in [3.8, 4) is 11.5 Å². The van der Waals surface area contributed by atoms with Gasteiger partial charge in [0.15, 0.2) is 9.84 Å². The second-order valence-corrected chi connectivity index (χ2v) is 9.66. The highest BCUT2D eigenvalue weighted by atomic mass is 32.2. The number of para-hydroxylation sites is 4. The van der Waals surface area contributed by atoms with E-state index in [2.05, 4.69) is 10.6 Å². The summed E-state index contributed by atoms with van der Waals surface area (Å²) in [4.78, 5) is 25.1. The van der Waals surface area contributed by atoms with Crippen LogP contribution in [0.3, 0.4) is 0 Å². The minimum absolute atomic E-state index is 0.00385. The zero-order valence-corrected chi connectivity index (χ0v) is 18.3. The molecule has 0 unspecified atom stereocenters. The zero-order valence-electron chi connectivity index (χ0n) is 17.5. The van der Waals surface area contributed by atoms with Gasteiger partial charge in [0.1, 0.15) is 11.5 Å². The van der Waals surface area contributed by atoms with E-state index in [1.54, 1.807) is 48.5 Å². The molecule has 2 aromatic carbocycles. The quantitative estimate of drug-likeness (QED) is 0.645. The highest BCUT2D eigenvalue weighted by Gasteiger charge is 2.39. The third kappa shape index (κ3) is 5.97. The number of hydrogen-bond donors (Lipinski definition) is 2. The lowest BCUT2D eigenvalue weighted by Crippen LogP contribution is -2.25. The van der Waals surface area contributed by atoms with Crippen LogP contribution in [0.1, 0.15) is 12.8 Å². The Labute approximate surface area is 181 Å². The van der Waals surface area contributed by atoms with Gasteiger partial charge in [0.05, 0.1) is 37.1 Å². The number of nitrogens with one attached hydrogen (secondary N) is 2. The van der Waals surface area contributed by atoms with Crippen LogP contribution in [0.25, 0.3) is 0 Å². The van der Waals surface area contributed by atoms with Crippen molar-refractivity contribution in [2.75, 3.05) is 36.4 Å². The van der Waals surface area contributed by atoms with Gasteiger partial charge in [-0.25, -0.2) is 8.42 Å². The molecule has 1 fully saturated rings. The van der Waals surface area contributed by atoms with Crippen molar-refractivity contribution in [2.24, 2.45) is 11.8 Å². The third-order valence-corrected chi connectivity index (χ3v) is 7.13. The average molecular weight is 447 g/mol. The maximum Gasteiger partial charge on any atom is 0.224 e. The van der Waals surface area contributed by atoms with Gasteiger partial charge in [-0.1, -0.05) is 24.3 Å². The predicted molar refractivity (Wildman–Crippen MR) is 118 cm³/mol. The molecule has 1 saturated heterocycles. The number of anilines is 2. The Kier molecular flexibility index (Phi) is 7.17. The number of ether oxygens (including phenoxy) is 2. The molecule has 2 amide bonds. The van der Waals surface area contributed by atoms with E-state index in [0.29, 0.717) is 22.9 Å². The second kappa shape index (κ2) is 9.82. The molecule has 31 heavy (non-hydrogen) atoms. The molecule has 0 radical (unpaired) electrons. The first-order chi connectivity index (χ1) is 14.8. The SMILES string of the molecule is COc1ccccc1NC(=O)C[C@@H]1CS(=O)(=O)C[C@@H]1CC(=O)Nc1ccccc1OC. The Morgan fingerprint density at radius 1 is 0.806 bits per heavy atom. The molecule has 0 saturated carbocycles. The van der Waals surface area contributed by atoms with E-state index in [0.717, 1.165) is 0 Å². The first-order valence-electron chi connectivity index (χ1n) is 9.87. The predicted octanol–water partition coefficient (Wildman–Crippen LogP) is 2.72. The minimum Gasteiger partial charge on any atom is -0.495 e. The van der Waals surface area contributed by atoms with Crippen LogP contribution in [0.5, 0.6) is 11.5 Å². The van der Waals surface area contributed by atoms with Crippen LogP contribution in [-0.2, 0) is 19.4 Å². The molecule has 3 rings (SSSR count). The molecule has 8 nitrogen and oxygen atoms in total. The lowest BCUT2D eigenvalue weighted by Gasteiger charge is -2.18. The Morgan fingerprint density at radius 3 is 1.58 bits per heavy atom. The number of methoxy groups -OCH3 is 2. The Hall–Kier alpha value is -3.07. The van der Waals surface area contributed by atoms with Crippen LogP contribution in [0.4, 0.5) is 11.4 Å². The van der Waals surface area contributed by atoms with Gasteiger partial charge < -0.3 is 20.1 Å². The number of hydrogen-bond acceptors (Lipinski definition) is 6. The van der Waals surface area contributed by atoms with Crippen molar-refractivity contribution in [2.45, 2.75) is 12.8 Å². The van der Waals surface area contributed by atoms with Gasteiger partial charge in [-0.2, -0.15) is 0 Å². The summed E-state index contributed by atoms with van der Waals surface area (Å²) in [5.74, 6) is -0.710. The summed E-state index contributed by atoms with van der Waals surface area (Å²) < 4.78 is 34.9. The molecule has 2 N–H and O–H groups in total. The largest absolute Gasteiger partial charge is 0.495 e. The van der Waals surface area contributed by atoms with E-state index in [1.165, 1.54) is 14.2 Å². The maximum absolute atomic E-state index is 12.6. The smallest absolute Gasteiger partial charge is 0.224 e. The molecule has 0 aliphatic carbocycles. The van der Waals surface area contributed by atoms with E-state index in [-0.39, 0.29) is 36.2 Å². The zero-order chi connectivity index (χ0) is 22.4. The fourth-order valence-corrected chi connectivity index (χ4v) is 6.04. The second-order valence-electron chi connectivity index (χ2n) is 7.50. The van der Waals surface area contributed by atoms with Crippen LogP contribution < -0.4 is 20.1 Å². The number of carbonyl (C=O) groups excluding carboxylic acids is 2. The van der Waals surface area contributed by atoms with Crippen LogP contribution in [0.15, 0.2) is 48.5 Å². The topological polar surface area (TPSA) is 111 Å². The summed E-state index contributed by atoms with van der Waals surface area (Å²) in [7, 11) is -0.307. The number of amides is 2. The van der Waals surface area contributed by atoms with E-state index in [9.17, 15) is 18.0 Å². The molecule has 0 spiro atoms. The standard InChI is InChI=1S/C22H26N2O6S/c1-29-19-9-5-3-7-17(19)23-21(25)11-15-13-31(27,28)14-16(15)12-22(26)24-18-8-4-6-10-20(18)30-2/h3-10,15-16H,11-14H2,1-2H3,(H,23,25)(H,24,26)/t15-,16+. The molecule has 2 atom stereocenters. The van der Waals surface area contributed by atoms with Gasteiger partial charge in [0, 0.05) is 12.8 Å². The van der Waals surface area contributed by atoms with Gasteiger partial charge in [-0.05, 0) is 36.1 Å². The van der Waals surface area contributed by atoms with Crippen LogP contribution in [0.2, 0.25) is 0 Å².